The van der Waals surface area contributed by atoms with Gasteiger partial charge in [-0.05, 0) is 60.2 Å². The summed E-state index contributed by atoms with van der Waals surface area (Å²) in [5, 5.41) is 7.26. The zero-order valence-electron chi connectivity index (χ0n) is 19.1. The Morgan fingerprint density at radius 1 is 0.848 bits per heavy atom. The van der Waals surface area contributed by atoms with E-state index >= 15 is 0 Å². The van der Waals surface area contributed by atoms with Gasteiger partial charge in [0.1, 0.15) is 0 Å². The monoisotopic (exact) mass is 440 g/mol. The van der Waals surface area contributed by atoms with Gasteiger partial charge in [-0.1, -0.05) is 42.5 Å². The fourth-order valence-corrected chi connectivity index (χ4v) is 4.98. The second-order valence-electron chi connectivity index (χ2n) is 8.64. The average molecular weight is 441 g/mol. The van der Waals surface area contributed by atoms with Gasteiger partial charge in [0.2, 0.25) is 0 Å². The summed E-state index contributed by atoms with van der Waals surface area (Å²) >= 11 is 0. The van der Waals surface area contributed by atoms with E-state index < -0.39 is 0 Å². The van der Waals surface area contributed by atoms with Crippen LogP contribution in [0.15, 0.2) is 78.0 Å². The van der Waals surface area contributed by atoms with E-state index in [2.05, 4.69) is 41.8 Å². The number of fused-ring (bicyclic) bond motifs is 1. The molecule has 2 N–H and O–H groups in total. The van der Waals surface area contributed by atoms with E-state index in [0.29, 0.717) is 17.9 Å². The van der Waals surface area contributed by atoms with Gasteiger partial charge >= 0.3 is 0 Å². The van der Waals surface area contributed by atoms with Crippen molar-refractivity contribution >= 4 is 17.2 Å². The smallest absolute Gasteiger partial charge is 0.163 e. The first-order valence-electron chi connectivity index (χ1n) is 11.2. The van der Waals surface area contributed by atoms with Crippen LogP contribution in [-0.2, 0) is 4.79 Å². The third kappa shape index (κ3) is 3.84. The van der Waals surface area contributed by atoms with Gasteiger partial charge in [-0.3, -0.25) is 4.79 Å². The van der Waals surface area contributed by atoms with Crippen molar-refractivity contribution in [3.05, 3.63) is 94.7 Å². The molecule has 1 aliphatic carbocycles. The summed E-state index contributed by atoms with van der Waals surface area (Å²) in [4.78, 5) is 13.7. The highest BCUT2D eigenvalue weighted by Gasteiger charge is 2.36. The molecule has 5 nitrogen and oxygen atoms in total. The standard InChI is InChI=1S/C28H28N2O3/c1-17-8-4-5-9-20(17)28-27-23(29-21-10-6-7-11-22(21)30-28)14-19(15-24(27)31)18-12-13-25(32-2)26(16-18)33-3/h4-13,16,19,28-30H,14-15H2,1-3H3/t19-,28-/m1/s1. The lowest BCUT2D eigenvalue weighted by Crippen LogP contribution is -2.27. The molecule has 1 heterocycles. The third-order valence-corrected chi connectivity index (χ3v) is 6.69. The molecule has 0 bridgehead atoms. The molecule has 0 saturated heterocycles. The summed E-state index contributed by atoms with van der Waals surface area (Å²) in [6, 6.07) is 22.2. The number of ketones is 1. The number of aryl methyl sites for hydroxylation is 1. The minimum absolute atomic E-state index is 0.0614. The molecule has 0 amide bonds. The topological polar surface area (TPSA) is 59.6 Å². The quantitative estimate of drug-likeness (QED) is 0.522. The van der Waals surface area contributed by atoms with Crippen molar-refractivity contribution in [1.82, 2.24) is 0 Å². The summed E-state index contributed by atoms with van der Waals surface area (Å²) in [5.41, 5.74) is 7.16. The van der Waals surface area contributed by atoms with E-state index in [1.807, 2.05) is 42.5 Å². The molecule has 0 radical (unpaired) electrons. The summed E-state index contributed by atoms with van der Waals surface area (Å²) in [6.45, 7) is 2.10. The molecule has 0 saturated carbocycles. The number of hydrogen-bond donors (Lipinski definition) is 2. The van der Waals surface area contributed by atoms with Crippen molar-refractivity contribution in [2.24, 2.45) is 0 Å². The minimum Gasteiger partial charge on any atom is -0.493 e. The maximum Gasteiger partial charge on any atom is 0.163 e. The summed E-state index contributed by atoms with van der Waals surface area (Å²) in [7, 11) is 3.26. The lowest BCUT2D eigenvalue weighted by atomic mass is 9.78. The fraction of sp³-hybridized carbons (Fsp3) is 0.250. The molecule has 3 aromatic rings. The summed E-state index contributed by atoms with van der Waals surface area (Å²) in [5.74, 6) is 1.60. The zero-order valence-corrected chi connectivity index (χ0v) is 19.1. The number of ether oxygens (including phenoxy) is 2. The lowest BCUT2D eigenvalue weighted by Gasteiger charge is -2.30. The number of para-hydroxylation sites is 2. The predicted molar refractivity (Wildman–Crippen MR) is 131 cm³/mol. The second kappa shape index (κ2) is 8.66. The Bertz CT molecular complexity index is 1250. The Kier molecular flexibility index (Phi) is 5.55. The number of carbonyl (C=O) groups is 1. The molecule has 168 valence electrons. The van der Waals surface area contributed by atoms with Crippen LogP contribution in [0, 0.1) is 6.92 Å². The van der Waals surface area contributed by atoms with E-state index in [4.69, 9.17) is 9.47 Å². The van der Waals surface area contributed by atoms with E-state index in [-0.39, 0.29) is 17.7 Å². The first kappa shape index (κ1) is 21.1. The van der Waals surface area contributed by atoms with Crippen molar-refractivity contribution in [2.75, 3.05) is 24.9 Å². The number of benzene rings is 3. The molecular weight excluding hydrogens is 412 g/mol. The Morgan fingerprint density at radius 2 is 1.58 bits per heavy atom. The lowest BCUT2D eigenvalue weighted by molar-refractivity contribution is -0.116. The van der Waals surface area contributed by atoms with Crippen molar-refractivity contribution in [3.63, 3.8) is 0 Å². The van der Waals surface area contributed by atoms with Crippen molar-refractivity contribution in [3.8, 4) is 11.5 Å². The highest BCUT2D eigenvalue weighted by molar-refractivity contribution is 6.01. The Hall–Kier alpha value is -3.73. The largest absolute Gasteiger partial charge is 0.493 e. The first-order valence-corrected chi connectivity index (χ1v) is 11.2. The van der Waals surface area contributed by atoms with Gasteiger partial charge in [0.15, 0.2) is 17.3 Å². The Balaban J connectivity index is 1.59. The van der Waals surface area contributed by atoms with Crippen LogP contribution in [0.1, 0.15) is 41.5 Å². The average Bonchev–Trinajstić information content (AvgIpc) is 3.00. The van der Waals surface area contributed by atoms with Crippen molar-refractivity contribution in [2.45, 2.75) is 31.7 Å². The van der Waals surface area contributed by atoms with Gasteiger partial charge in [-0.2, -0.15) is 0 Å². The molecule has 0 spiro atoms. The van der Waals surface area contributed by atoms with Crippen LogP contribution in [0.5, 0.6) is 11.5 Å². The van der Waals surface area contributed by atoms with Crippen LogP contribution in [0.25, 0.3) is 0 Å². The van der Waals surface area contributed by atoms with E-state index in [9.17, 15) is 4.79 Å². The minimum atomic E-state index is -0.198. The molecule has 5 rings (SSSR count). The molecular formula is C28H28N2O3. The second-order valence-corrected chi connectivity index (χ2v) is 8.64. The van der Waals surface area contributed by atoms with Gasteiger partial charge in [-0.15, -0.1) is 0 Å². The fourth-order valence-electron chi connectivity index (χ4n) is 4.98. The van der Waals surface area contributed by atoms with Crippen LogP contribution in [0.2, 0.25) is 0 Å². The number of hydrogen-bond acceptors (Lipinski definition) is 5. The van der Waals surface area contributed by atoms with Gasteiger partial charge < -0.3 is 20.1 Å². The van der Waals surface area contributed by atoms with Gasteiger partial charge in [0, 0.05) is 17.7 Å². The summed E-state index contributed by atoms with van der Waals surface area (Å²) < 4.78 is 10.9. The van der Waals surface area contributed by atoms with Crippen LogP contribution >= 0.6 is 0 Å². The number of allylic oxidation sites excluding steroid dienone is 1. The summed E-state index contributed by atoms with van der Waals surface area (Å²) in [6.07, 6.45) is 1.20. The Morgan fingerprint density at radius 3 is 2.33 bits per heavy atom. The number of anilines is 2. The number of methoxy groups -OCH3 is 2. The number of nitrogens with one attached hydrogen (secondary N) is 2. The third-order valence-electron chi connectivity index (χ3n) is 6.69. The molecule has 0 unspecified atom stereocenters. The number of carbonyl (C=O) groups excluding carboxylic acids is 1. The van der Waals surface area contributed by atoms with E-state index in [1.165, 1.54) is 0 Å². The van der Waals surface area contributed by atoms with Gasteiger partial charge in [0.25, 0.3) is 0 Å². The molecule has 3 aromatic carbocycles. The Labute approximate surface area is 194 Å². The highest BCUT2D eigenvalue weighted by atomic mass is 16.5. The molecule has 1 aliphatic heterocycles. The molecule has 2 atom stereocenters. The zero-order chi connectivity index (χ0) is 22.9. The highest BCUT2D eigenvalue weighted by Crippen LogP contribution is 2.45. The molecule has 33 heavy (non-hydrogen) atoms. The molecule has 2 aliphatic rings. The molecule has 0 aromatic heterocycles. The van der Waals surface area contributed by atoms with Crippen LogP contribution in [0.3, 0.4) is 0 Å². The molecule has 0 fully saturated rings. The first-order chi connectivity index (χ1) is 16.1. The van der Waals surface area contributed by atoms with Gasteiger partial charge in [0.05, 0.1) is 31.6 Å². The van der Waals surface area contributed by atoms with Crippen molar-refractivity contribution in [1.29, 1.82) is 0 Å². The van der Waals surface area contributed by atoms with Crippen LogP contribution in [0.4, 0.5) is 11.4 Å². The maximum atomic E-state index is 13.7. The van der Waals surface area contributed by atoms with Crippen molar-refractivity contribution < 1.29 is 14.3 Å². The number of Topliss-reactive ketones (excluding diaryl/α,β-unsaturated/α-hetero) is 1. The maximum absolute atomic E-state index is 13.7. The molecule has 5 heteroatoms. The normalized spacial score (nSPS) is 19.5. The van der Waals surface area contributed by atoms with Crippen LogP contribution < -0.4 is 20.1 Å². The predicted octanol–water partition coefficient (Wildman–Crippen LogP) is 5.99. The number of rotatable bonds is 4. The SMILES string of the molecule is COc1ccc([C@H]2CC(=O)C3=C(C2)Nc2ccccc2N[C@@H]3c2ccccc2C)cc1OC. The van der Waals surface area contributed by atoms with E-state index in [0.717, 1.165) is 45.8 Å². The van der Waals surface area contributed by atoms with Gasteiger partial charge in [-0.25, -0.2) is 0 Å². The van der Waals surface area contributed by atoms with E-state index in [1.54, 1.807) is 14.2 Å². The van der Waals surface area contributed by atoms with Crippen LogP contribution in [-0.4, -0.2) is 20.0 Å².